The molecule has 0 saturated heterocycles. The van der Waals surface area contributed by atoms with Crippen molar-refractivity contribution in [1.82, 2.24) is 0 Å². The van der Waals surface area contributed by atoms with Crippen LogP contribution >= 0.6 is 11.8 Å². The van der Waals surface area contributed by atoms with Crippen LogP contribution in [0.1, 0.15) is 16.7 Å². The van der Waals surface area contributed by atoms with E-state index in [0.717, 1.165) is 5.75 Å². The summed E-state index contributed by atoms with van der Waals surface area (Å²) in [5.74, 6) is 0.832. The van der Waals surface area contributed by atoms with Gasteiger partial charge in [0.1, 0.15) is 0 Å². The lowest BCUT2D eigenvalue weighted by atomic mass is 9.84. The van der Waals surface area contributed by atoms with Crippen LogP contribution in [-0.2, 0) is 37.9 Å². The van der Waals surface area contributed by atoms with E-state index in [9.17, 15) is 0 Å². The average molecular weight is 654 g/mol. The summed E-state index contributed by atoms with van der Waals surface area (Å²) in [6.45, 7) is 7.38. The summed E-state index contributed by atoms with van der Waals surface area (Å²) in [4.78, 5) is 2.66. The van der Waals surface area contributed by atoms with Crippen molar-refractivity contribution in [3.63, 3.8) is 0 Å². The first-order chi connectivity index (χ1) is 22.9. The summed E-state index contributed by atoms with van der Waals surface area (Å²) < 4.78 is 38.4. The first-order valence-corrected chi connectivity index (χ1v) is 16.7. The maximum atomic E-state index is 8.16. The van der Waals surface area contributed by atoms with Crippen LogP contribution < -0.4 is 0 Å². The summed E-state index contributed by atoms with van der Waals surface area (Å²) in [6, 6.07) is 32.1. The van der Waals surface area contributed by atoms with Crippen molar-refractivity contribution in [2.45, 2.75) is 4.75 Å². The van der Waals surface area contributed by atoms with E-state index in [-0.39, 0.29) is 4.75 Å². The van der Waals surface area contributed by atoms with E-state index < -0.39 is 0 Å². The highest BCUT2D eigenvalue weighted by molar-refractivity contribution is 8.00. The summed E-state index contributed by atoms with van der Waals surface area (Å²) in [5.41, 5.74) is 11.9. The van der Waals surface area contributed by atoms with Crippen LogP contribution in [0.15, 0.2) is 96.1 Å². The molecule has 10 nitrogen and oxygen atoms in total. The van der Waals surface area contributed by atoms with Crippen LogP contribution in [-0.4, -0.2) is 105 Å². The molecule has 0 aliphatic heterocycles. The minimum atomic E-state index is -0.333. The monoisotopic (exact) mass is 653 g/mol. The number of azide groups is 1. The van der Waals surface area contributed by atoms with Crippen LogP contribution in [0.2, 0.25) is 0 Å². The quantitative estimate of drug-likeness (QED) is 0.0302. The molecule has 0 amide bonds. The van der Waals surface area contributed by atoms with Crippen molar-refractivity contribution in [3.05, 3.63) is 118 Å². The highest BCUT2D eigenvalue weighted by Crippen LogP contribution is 2.48. The van der Waals surface area contributed by atoms with Gasteiger partial charge in [-0.3, -0.25) is 0 Å². The molecule has 0 aliphatic rings. The van der Waals surface area contributed by atoms with Gasteiger partial charge < -0.3 is 33.2 Å². The van der Waals surface area contributed by atoms with Crippen LogP contribution in [0.25, 0.3) is 10.4 Å². The number of ether oxygens (including phenoxy) is 7. The molecule has 11 heteroatoms. The van der Waals surface area contributed by atoms with Crippen molar-refractivity contribution in [3.8, 4) is 0 Å². The van der Waals surface area contributed by atoms with Gasteiger partial charge in [0.05, 0.1) is 97.2 Å². The zero-order chi connectivity index (χ0) is 32.2. The molecule has 0 fully saturated rings. The third kappa shape index (κ3) is 14.6. The van der Waals surface area contributed by atoms with Crippen LogP contribution in [0, 0.1) is 0 Å². The highest BCUT2D eigenvalue weighted by Gasteiger charge is 2.36. The predicted octanol–water partition coefficient (Wildman–Crippen LogP) is 6.14. The van der Waals surface area contributed by atoms with Gasteiger partial charge in [-0.2, -0.15) is 0 Å². The van der Waals surface area contributed by atoms with E-state index in [1.165, 1.54) is 16.7 Å². The Morgan fingerprint density at radius 3 is 1.09 bits per heavy atom. The highest BCUT2D eigenvalue weighted by atomic mass is 32.2. The van der Waals surface area contributed by atoms with Crippen molar-refractivity contribution in [2.75, 3.05) is 105 Å². The Hall–Kier alpha value is -2.96. The zero-order valence-electron chi connectivity index (χ0n) is 26.6. The Labute approximate surface area is 277 Å². The molecule has 0 saturated carbocycles. The maximum Gasteiger partial charge on any atom is 0.0907 e. The van der Waals surface area contributed by atoms with Crippen molar-refractivity contribution < 1.29 is 33.2 Å². The normalized spacial score (nSPS) is 11.4. The molecular weight excluding hydrogens is 606 g/mol. The lowest BCUT2D eigenvalue weighted by molar-refractivity contribution is -0.0198. The van der Waals surface area contributed by atoms with E-state index in [4.69, 9.17) is 38.7 Å². The molecule has 0 aromatic heterocycles. The molecule has 0 aliphatic carbocycles. The zero-order valence-corrected chi connectivity index (χ0v) is 27.4. The summed E-state index contributed by atoms with van der Waals surface area (Å²) in [6.07, 6.45) is 0. The second kappa shape index (κ2) is 25.2. The van der Waals surface area contributed by atoms with E-state index >= 15 is 0 Å². The molecule has 0 atom stereocenters. The minimum absolute atomic E-state index is 0.330. The Morgan fingerprint density at radius 1 is 0.457 bits per heavy atom. The second-order valence-corrected chi connectivity index (χ2v) is 11.2. The molecule has 250 valence electrons. The first kappa shape index (κ1) is 37.5. The Balaban J connectivity index is 1.18. The van der Waals surface area contributed by atoms with E-state index in [1.807, 2.05) is 11.8 Å². The fourth-order valence-corrected chi connectivity index (χ4v) is 6.01. The topological polar surface area (TPSA) is 113 Å². The number of nitrogens with zero attached hydrogens (tertiary/aromatic N) is 3. The van der Waals surface area contributed by atoms with Gasteiger partial charge in [0.15, 0.2) is 0 Å². The second-order valence-electron chi connectivity index (χ2n) is 9.87. The molecule has 0 radical (unpaired) electrons. The molecule has 0 heterocycles. The summed E-state index contributed by atoms with van der Waals surface area (Å²) in [7, 11) is 0. The Kier molecular flexibility index (Phi) is 20.5. The average Bonchev–Trinajstić information content (AvgIpc) is 3.11. The smallest absolute Gasteiger partial charge is 0.0907 e. The van der Waals surface area contributed by atoms with Gasteiger partial charge in [0, 0.05) is 17.2 Å². The molecule has 0 spiro atoms. The van der Waals surface area contributed by atoms with Crippen molar-refractivity contribution >= 4 is 11.8 Å². The van der Waals surface area contributed by atoms with Gasteiger partial charge >= 0.3 is 0 Å². The van der Waals surface area contributed by atoms with Gasteiger partial charge in [-0.05, 0) is 22.2 Å². The van der Waals surface area contributed by atoms with Crippen LogP contribution in [0.3, 0.4) is 0 Å². The molecule has 0 bridgehead atoms. The number of hydrogen-bond acceptors (Lipinski definition) is 9. The van der Waals surface area contributed by atoms with Gasteiger partial charge in [0.25, 0.3) is 0 Å². The standard InChI is InChI=1S/C35H47N3O7S/c36-38-37-16-17-39-18-19-40-20-21-41-22-23-42-24-25-43-26-27-44-28-29-45-30-31-46-35(32-10-4-1-5-11-32,33-12-6-2-7-13-33)34-14-8-3-9-15-34/h1-15H,16-31H2. The predicted molar refractivity (Wildman–Crippen MR) is 181 cm³/mol. The van der Waals surface area contributed by atoms with Crippen molar-refractivity contribution in [1.29, 1.82) is 0 Å². The third-order valence-electron chi connectivity index (χ3n) is 6.72. The van der Waals surface area contributed by atoms with Crippen LogP contribution in [0.5, 0.6) is 0 Å². The third-order valence-corrected chi connectivity index (χ3v) is 8.23. The molecule has 3 aromatic rings. The van der Waals surface area contributed by atoms with E-state index in [2.05, 4.69) is 101 Å². The summed E-state index contributed by atoms with van der Waals surface area (Å²) in [5, 5.41) is 3.39. The molecule has 46 heavy (non-hydrogen) atoms. The first-order valence-electron chi connectivity index (χ1n) is 15.7. The fraction of sp³-hybridized carbons (Fsp3) is 0.486. The fourth-order valence-electron chi connectivity index (χ4n) is 4.59. The number of rotatable bonds is 28. The summed E-state index contributed by atoms with van der Waals surface area (Å²) >= 11 is 1.90. The molecule has 0 unspecified atom stereocenters. The van der Waals surface area contributed by atoms with Crippen molar-refractivity contribution in [2.24, 2.45) is 5.11 Å². The van der Waals surface area contributed by atoms with Gasteiger partial charge in [0.2, 0.25) is 0 Å². The van der Waals surface area contributed by atoms with E-state index in [0.29, 0.717) is 99.0 Å². The minimum Gasteiger partial charge on any atom is -0.379 e. The van der Waals surface area contributed by atoms with E-state index in [1.54, 1.807) is 0 Å². The SMILES string of the molecule is [N-]=[N+]=NCCOCCOCCOCCOCCOCCOCCOCCSC(c1ccccc1)(c1ccccc1)c1ccccc1. The molecule has 3 rings (SSSR count). The lowest BCUT2D eigenvalue weighted by Gasteiger charge is -2.35. The number of hydrogen-bond donors (Lipinski definition) is 0. The lowest BCUT2D eigenvalue weighted by Crippen LogP contribution is -2.26. The molecule has 3 aromatic carbocycles. The maximum absolute atomic E-state index is 8.16. The van der Waals surface area contributed by atoms with Gasteiger partial charge in [-0.15, -0.1) is 11.8 Å². The van der Waals surface area contributed by atoms with Gasteiger partial charge in [-0.25, -0.2) is 0 Å². The number of thioether (sulfide) groups is 1. The number of benzene rings is 3. The molecular formula is C35H47N3O7S. The van der Waals surface area contributed by atoms with Gasteiger partial charge in [-0.1, -0.05) is 96.1 Å². The molecule has 0 N–H and O–H groups in total. The largest absolute Gasteiger partial charge is 0.379 e. The van der Waals surface area contributed by atoms with Crippen LogP contribution in [0.4, 0.5) is 0 Å². The Bertz CT molecular complexity index is 1090. The Morgan fingerprint density at radius 2 is 0.761 bits per heavy atom.